The Hall–Kier alpha value is -1.88. The molecule has 18 heavy (non-hydrogen) atoms. The van der Waals surface area contributed by atoms with Crippen LogP contribution in [0.1, 0.15) is 11.1 Å². The highest BCUT2D eigenvalue weighted by Crippen LogP contribution is 2.35. The van der Waals surface area contributed by atoms with Gasteiger partial charge in [-0.25, -0.2) is 4.21 Å². The first-order valence-electron chi connectivity index (χ1n) is 5.53. The predicted octanol–water partition coefficient (Wildman–Crippen LogP) is 2.22. The zero-order valence-corrected chi connectivity index (χ0v) is 10.4. The van der Waals surface area contributed by atoms with Crippen molar-refractivity contribution in [2.24, 2.45) is 0 Å². The highest BCUT2D eigenvalue weighted by molar-refractivity contribution is 7.80. The summed E-state index contributed by atoms with van der Waals surface area (Å²) in [5, 5.41) is 0. The lowest BCUT2D eigenvalue weighted by Crippen LogP contribution is -1.98. The van der Waals surface area contributed by atoms with Crippen LogP contribution in [-0.4, -0.2) is 9.19 Å². The van der Waals surface area contributed by atoms with Crippen molar-refractivity contribution in [1.29, 1.82) is 0 Å². The fraction of sp³-hybridized carbons (Fsp3) is 0.154. The Labute approximate surface area is 107 Å². The van der Waals surface area contributed by atoms with Crippen molar-refractivity contribution < 1.29 is 13.1 Å². The predicted molar refractivity (Wildman–Crippen MR) is 67.5 cm³/mol. The van der Waals surface area contributed by atoms with E-state index in [1.807, 2.05) is 24.3 Å². The Balaban J connectivity index is 1.78. The largest absolute Gasteiger partial charge is 0.488 e. The van der Waals surface area contributed by atoms with Crippen molar-refractivity contribution in [2.75, 3.05) is 0 Å². The van der Waals surface area contributed by atoms with E-state index in [0.29, 0.717) is 18.1 Å². The molecule has 4 nitrogen and oxygen atoms in total. The number of nitrogens with zero attached hydrogens (tertiary/aromatic N) is 1. The van der Waals surface area contributed by atoms with E-state index in [1.54, 1.807) is 18.5 Å². The minimum absolute atomic E-state index is 0.387. The molecule has 0 N–H and O–H groups in total. The van der Waals surface area contributed by atoms with Gasteiger partial charge in [0.15, 0.2) is 0 Å². The summed E-state index contributed by atoms with van der Waals surface area (Å²) in [6.07, 6.45) is 3.48. The molecule has 1 aromatic heterocycles. The minimum atomic E-state index is -1.27. The number of aromatic nitrogens is 1. The van der Waals surface area contributed by atoms with Crippen molar-refractivity contribution in [3.8, 4) is 11.5 Å². The number of fused-ring (bicyclic) bond motifs is 1. The molecule has 5 heteroatoms. The third-order valence-corrected chi connectivity index (χ3v) is 3.54. The van der Waals surface area contributed by atoms with E-state index in [4.69, 9.17) is 8.92 Å². The number of hydrogen-bond acceptors (Lipinski definition) is 4. The van der Waals surface area contributed by atoms with Crippen LogP contribution in [0.2, 0.25) is 0 Å². The summed E-state index contributed by atoms with van der Waals surface area (Å²) in [6, 6.07) is 9.31. The van der Waals surface area contributed by atoms with E-state index < -0.39 is 11.1 Å². The molecule has 2 aromatic rings. The molecule has 0 bridgehead atoms. The summed E-state index contributed by atoms with van der Waals surface area (Å²) < 4.78 is 22.3. The maximum absolute atomic E-state index is 11.3. The number of benzene rings is 1. The number of rotatable bonds is 3. The topological polar surface area (TPSA) is 48.4 Å². The summed E-state index contributed by atoms with van der Waals surface area (Å²) in [5.41, 5.74) is 1.87. The lowest BCUT2D eigenvalue weighted by Gasteiger charge is -2.08. The first kappa shape index (κ1) is 11.2. The van der Waals surface area contributed by atoms with Gasteiger partial charge in [-0.2, -0.15) is 0 Å². The zero-order chi connectivity index (χ0) is 12.4. The molecule has 3 rings (SSSR count). The van der Waals surface area contributed by atoms with Gasteiger partial charge in [-0.1, -0.05) is 12.1 Å². The van der Waals surface area contributed by atoms with Gasteiger partial charge in [0.2, 0.25) is 11.1 Å². The fourth-order valence-corrected chi connectivity index (χ4v) is 2.73. The van der Waals surface area contributed by atoms with Crippen LogP contribution < -0.4 is 8.92 Å². The lowest BCUT2D eigenvalue weighted by molar-refractivity contribution is 0.303. The molecule has 0 spiro atoms. The van der Waals surface area contributed by atoms with E-state index in [2.05, 4.69) is 4.98 Å². The van der Waals surface area contributed by atoms with E-state index >= 15 is 0 Å². The van der Waals surface area contributed by atoms with Crippen LogP contribution in [0, 0.1) is 0 Å². The van der Waals surface area contributed by atoms with Gasteiger partial charge in [0.05, 0.1) is 11.3 Å². The van der Waals surface area contributed by atoms with Crippen LogP contribution in [0.25, 0.3) is 0 Å². The molecule has 0 aliphatic carbocycles. The standard InChI is InChI=1S/C13H11NO3S/c15-18-9-11-12(4-1-5-13(11)17-18)16-8-10-3-2-6-14-7-10/h1-7H,8-9H2. The Bertz CT molecular complexity index is 586. The van der Waals surface area contributed by atoms with Crippen molar-refractivity contribution in [3.05, 3.63) is 53.9 Å². The zero-order valence-electron chi connectivity index (χ0n) is 9.54. The monoisotopic (exact) mass is 261 g/mol. The highest BCUT2D eigenvalue weighted by Gasteiger charge is 2.22. The molecule has 1 atom stereocenters. The van der Waals surface area contributed by atoms with Crippen LogP contribution >= 0.6 is 0 Å². The first-order chi connectivity index (χ1) is 8.83. The molecular formula is C13H11NO3S. The maximum atomic E-state index is 11.3. The van der Waals surface area contributed by atoms with E-state index in [0.717, 1.165) is 16.9 Å². The second kappa shape index (κ2) is 4.78. The molecule has 0 saturated heterocycles. The summed E-state index contributed by atoms with van der Waals surface area (Å²) in [6.45, 7) is 0.441. The maximum Gasteiger partial charge on any atom is 0.211 e. The second-order valence-electron chi connectivity index (χ2n) is 3.91. The number of pyridine rings is 1. The number of ether oxygens (including phenoxy) is 1. The first-order valence-corrected chi connectivity index (χ1v) is 6.77. The van der Waals surface area contributed by atoms with Crippen molar-refractivity contribution >= 4 is 11.1 Å². The van der Waals surface area contributed by atoms with Gasteiger partial charge in [0.25, 0.3) is 0 Å². The van der Waals surface area contributed by atoms with Gasteiger partial charge in [-0.3, -0.25) is 4.98 Å². The van der Waals surface area contributed by atoms with Crippen LogP contribution in [0.3, 0.4) is 0 Å². The smallest absolute Gasteiger partial charge is 0.211 e. The normalized spacial score (nSPS) is 17.0. The minimum Gasteiger partial charge on any atom is -0.488 e. The van der Waals surface area contributed by atoms with Crippen LogP contribution in [0.5, 0.6) is 11.5 Å². The molecule has 0 saturated carbocycles. The van der Waals surface area contributed by atoms with Gasteiger partial charge in [-0.05, 0) is 18.2 Å². The van der Waals surface area contributed by atoms with Crippen molar-refractivity contribution in [3.63, 3.8) is 0 Å². The van der Waals surface area contributed by atoms with E-state index in [1.165, 1.54) is 0 Å². The van der Waals surface area contributed by atoms with Gasteiger partial charge in [0, 0.05) is 18.0 Å². The summed E-state index contributed by atoms with van der Waals surface area (Å²) in [5.74, 6) is 1.76. The average Bonchev–Trinajstić information content (AvgIpc) is 2.78. The Morgan fingerprint density at radius 2 is 2.28 bits per heavy atom. The highest BCUT2D eigenvalue weighted by atomic mass is 32.2. The van der Waals surface area contributed by atoms with Gasteiger partial charge in [-0.15, -0.1) is 0 Å². The fourth-order valence-electron chi connectivity index (χ4n) is 1.79. The molecule has 0 radical (unpaired) electrons. The molecule has 1 unspecified atom stereocenters. The summed E-state index contributed by atoms with van der Waals surface area (Å²) >= 11 is -1.27. The Morgan fingerprint density at radius 1 is 1.33 bits per heavy atom. The Kier molecular flexibility index (Phi) is 2.98. The van der Waals surface area contributed by atoms with Crippen molar-refractivity contribution in [2.45, 2.75) is 12.4 Å². The molecule has 1 aromatic carbocycles. The SMILES string of the molecule is O=S1Cc2c(OCc3cccnc3)cccc2O1. The van der Waals surface area contributed by atoms with E-state index in [9.17, 15) is 4.21 Å². The third-order valence-electron chi connectivity index (χ3n) is 2.65. The molecular weight excluding hydrogens is 250 g/mol. The summed E-state index contributed by atoms with van der Waals surface area (Å²) in [4.78, 5) is 4.03. The Morgan fingerprint density at radius 3 is 3.11 bits per heavy atom. The van der Waals surface area contributed by atoms with Gasteiger partial charge in [0.1, 0.15) is 18.1 Å². The van der Waals surface area contributed by atoms with Gasteiger partial charge < -0.3 is 8.92 Å². The summed E-state index contributed by atoms with van der Waals surface area (Å²) in [7, 11) is 0. The van der Waals surface area contributed by atoms with Crippen LogP contribution in [0.15, 0.2) is 42.7 Å². The average molecular weight is 261 g/mol. The number of hydrogen-bond donors (Lipinski definition) is 0. The quantitative estimate of drug-likeness (QED) is 0.850. The molecule has 1 aliphatic rings. The van der Waals surface area contributed by atoms with Crippen LogP contribution in [-0.2, 0) is 23.4 Å². The molecule has 2 heterocycles. The molecule has 0 amide bonds. The third kappa shape index (κ3) is 2.22. The van der Waals surface area contributed by atoms with Crippen molar-refractivity contribution in [1.82, 2.24) is 4.98 Å². The lowest BCUT2D eigenvalue weighted by atomic mass is 10.2. The van der Waals surface area contributed by atoms with Crippen LogP contribution in [0.4, 0.5) is 0 Å². The molecule has 92 valence electrons. The van der Waals surface area contributed by atoms with Gasteiger partial charge >= 0.3 is 0 Å². The molecule has 1 aliphatic heterocycles. The van der Waals surface area contributed by atoms with E-state index in [-0.39, 0.29) is 0 Å². The second-order valence-corrected chi connectivity index (χ2v) is 4.98. The molecule has 0 fully saturated rings.